The predicted molar refractivity (Wildman–Crippen MR) is 200 cm³/mol. The summed E-state index contributed by atoms with van der Waals surface area (Å²) in [6.45, 7) is 0. The van der Waals surface area contributed by atoms with Crippen LogP contribution in [-0.2, 0) is 0 Å². The molecule has 0 spiro atoms. The van der Waals surface area contributed by atoms with Gasteiger partial charge in [-0.15, -0.1) is 0 Å². The van der Waals surface area contributed by atoms with Crippen LogP contribution in [0.2, 0.25) is 0 Å². The van der Waals surface area contributed by atoms with Crippen LogP contribution in [0.15, 0.2) is 186 Å². The number of rotatable bonds is 6. The Bertz CT molecular complexity index is 2550. The highest BCUT2D eigenvalue weighted by molar-refractivity contribution is 6.08. The minimum Gasteiger partial charge on any atom is -0.436 e. The zero-order valence-electron chi connectivity index (χ0n) is 26.1. The molecule has 3 heteroatoms. The first-order valence-corrected chi connectivity index (χ1v) is 16.2. The number of fused-ring (bicyclic) bond motifs is 4. The lowest BCUT2D eigenvalue weighted by atomic mass is 9.98. The van der Waals surface area contributed by atoms with Gasteiger partial charge in [-0.05, 0) is 63.9 Å². The van der Waals surface area contributed by atoms with E-state index in [-0.39, 0.29) is 0 Å². The molecule has 0 aliphatic heterocycles. The normalized spacial score (nSPS) is 11.3. The number of nitrogens with zero attached hydrogens (tertiary/aromatic N) is 2. The van der Waals surface area contributed by atoms with Gasteiger partial charge in [0.25, 0.3) is 0 Å². The standard InChI is InChI=1S/C45H30N2O/c1-3-13-31(14-4-1)32-23-26-35(27-24-32)47(41-22-12-11-18-36(41)33-15-5-2-6-16-33)42-29-28-40(38-20-9-10-21-39(38)42)45-46-44-37-19-8-7-17-34(37)25-30-43(44)48-45/h1-30H. The van der Waals surface area contributed by atoms with Crippen molar-refractivity contribution in [2.24, 2.45) is 0 Å². The van der Waals surface area contributed by atoms with Gasteiger partial charge < -0.3 is 9.32 Å². The van der Waals surface area contributed by atoms with Crippen molar-refractivity contribution in [3.8, 4) is 33.7 Å². The molecule has 0 saturated heterocycles. The van der Waals surface area contributed by atoms with Crippen molar-refractivity contribution in [2.45, 2.75) is 0 Å². The Kier molecular flexibility index (Phi) is 6.80. The van der Waals surface area contributed by atoms with Gasteiger partial charge in [0, 0.05) is 27.6 Å². The zero-order chi connectivity index (χ0) is 31.9. The Morgan fingerprint density at radius 2 is 1.02 bits per heavy atom. The zero-order valence-corrected chi connectivity index (χ0v) is 26.1. The van der Waals surface area contributed by atoms with E-state index in [1.165, 1.54) is 16.7 Å². The number of hydrogen-bond donors (Lipinski definition) is 0. The molecule has 1 heterocycles. The number of para-hydroxylation sites is 1. The molecule has 0 radical (unpaired) electrons. The number of oxazole rings is 1. The molecule has 3 nitrogen and oxygen atoms in total. The largest absolute Gasteiger partial charge is 0.436 e. The van der Waals surface area contributed by atoms with Gasteiger partial charge in [0.2, 0.25) is 5.89 Å². The van der Waals surface area contributed by atoms with E-state index in [0.717, 1.165) is 60.8 Å². The molecule has 9 aromatic rings. The van der Waals surface area contributed by atoms with Crippen molar-refractivity contribution in [1.82, 2.24) is 4.98 Å². The summed E-state index contributed by atoms with van der Waals surface area (Å²) in [5.41, 5.74) is 10.6. The summed E-state index contributed by atoms with van der Waals surface area (Å²) in [4.78, 5) is 7.44. The van der Waals surface area contributed by atoms with E-state index in [9.17, 15) is 0 Å². The summed E-state index contributed by atoms with van der Waals surface area (Å²) in [6.07, 6.45) is 0. The lowest BCUT2D eigenvalue weighted by Crippen LogP contribution is -2.12. The lowest BCUT2D eigenvalue weighted by molar-refractivity contribution is 0.620. The molecular formula is C45H30N2O. The molecule has 0 N–H and O–H groups in total. The van der Waals surface area contributed by atoms with E-state index in [0.29, 0.717) is 5.89 Å². The van der Waals surface area contributed by atoms with Crippen LogP contribution in [0.1, 0.15) is 0 Å². The summed E-state index contributed by atoms with van der Waals surface area (Å²) in [6, 6.07) is 64.0. The third-order valence-electron chi connectivity index (χ3n) is 9.12. The molecule has 0 fully saturated rings. The Morgan fingerprint density at radius 1 is 0.396 bits per heavy atom. The second kappa shape index (κ2) is 11.7. The average molecular weight is 615 g/mol. The van der Waals surface area contributed by atoms with E-state index >= 15 is 0 Å². The maximum atomic E-state index is 6.45. The van der Waals surface area contributed by atoms with Gasteiger partial charge in [-0.25, -0.2) is 4.98 Å². The van der Waals surface area contributed by atoms with Gasteiger partial charge in [0.1, 0.15) is 5.52 Å². The Morgan fingerprint density at radius 3 is 1.81 bits per heavy atom. The van der Waals surface area contributed by atoms with Gasteiger partial charge in [0.05, 0.1) is 11.4 Å². The minimum absolute atomic E-state index is 0.618. The van der Waals surface area contributed by atoms with E-state index < -0.39 is 0 Å². The molecule has 0 unspecified atom stereocenters. The predicted octanol–water partition coefficient (Wildman–Crippen LogP) is 12.6. The highest BCUT2D eigenvalue weighted by Crippen LogP contribution is 2.45. The van der Waals surface area contributed by atoms with Crippen LogP contribution in [0.5, 0.6) is 0 Å². The average Bonchev–Trinajstić information content (AvgIpc) is 3.61. The fourth-order valence-electron chi connectivity index (χ4n) is 6.81. The topological polar surface area (TPSA) is 29.3 Å². The van der Waals surface area contributed by atoms with Crippen molar-refractivity contribution >= 4 is 49.7 Å². The summed E-state index contributed by atoms with van der Waals surface area (Å²) in [7, 11) is 0. The molecule has 9 rings (SSSR count). The van der Waals surface area contributed by atoms with Crippen LogP contribution >= 0.6 is 0 Å². The van der Waals surface area contributed by atoms with Gasteiger partial charge >= 0.3 is 0 Å². The van der Waals surface area contributed by atoms with Gasteiger partial charge in [-0.3, -0.25) is 0 Å². The summed E-state index contributed by atoms with van der Waals surface area (Å²) < 4.78 is 6.45. The van der Waals surface area contributed by atoms with Crippen LogP contribution in [0.3, 0.4) is 0 Å². The number of anilines is 3. The summed E-state index contributed by atoms with van der Waals surface area (Å²) in [5, 5.41) is 4.43. The molecule has 0 saturated carbocycles. The Hall–Kier alpha value is -6.45. The molecule has 0 bridgehead atoms. The second-order valence-electron chi connectivity index (χ2n) is 12.0. The highest BCUT2D eigenvalue weighted by Gasteiger charge is 2.22. The van der Waals surface area contributed by atoms with E-state index in [1.54, 1.807) is 0 Å². The molecule has 0 aliphatic rings. The van der Waals surface area contributed by atoms with Crippen molar-refractivity contribution in [1.29, 1.82) is 0 Å². The maximum Gasteiger partial charge on any atom is 0.227 e. The molecule has 0 aliphatic carbocycles. The van der Waals surface area contributed by atoms with Crippen LogP contribution in [0.4, 0.5) is 17.1 Å². The molecule has 0 atom stereocenters. The van der Waals surface area contributed by atoms with E-state index in [4.69, 9.17) is 9.40 Å². The van der Waals surface area contributed by atoms with Gasteiger partial charge in [-0.1, -0.05) is 146 Å². The molecular weight excluding hydrogens is 585 g/mol. The molecule has 0 amide bonds. The summed E-state index contributed by atoms with van der Waals surface area (Å²) >= 11 is 0. The fourth-order valence-corrected chi connectivity index (χ4v) is 6.81. The van der Waals surface area contributed by atoms with Crippen molar-refractivity contribution in [3.63, 3.8) is 0 Å². The smallest absolute Gasteiger partial charge is 0.227 e. The molecule has 8 aromatic carbocycles. The Labute approximate surface area is 279 Å². The summed E-state index contributed by atoms with van der Waals surface area (Å²) in [5.74, 6) is 0.618. The maximum absolute atomic E-state index is 6.45. The van der Waals surface area contributed by atoms with Crippen LogP contribution in [-0.4, -0.2) is 4.98 Å². The minimum atomic E-state index is 0.618. The second-order valence-corrected chi connectivity index (χ2v) is 12.0. The van der Waals surface area contributed by atoms with Crippen LogP contribution in [0, 0.1) is 0 Å². The first kappa shape index (κ1) is 27.8. The van der Waals surface area contributed by atoms with Gasteiger partial charge in [0.15, 0.2) is 5.58 Å². The quantitative estimate of drug-likeness (QED) is 0.187. The fraction of sp³-hybridized carbons (Fsp3) is 0. The third-order valence-corrected chi connectivity index (χ3v) is 9.12. The lowest BCUT2D eigenvalue weighted by Gasteiger charge is -2.29. The number of hydrogen-bond acceptors (Lipinski definition) is 3. The van der Waals surface area contributed by atoms with E-state index in [1.807, 2.05) is 6.07 Å². The SMILES string of the molecule is c1ccc(-c2ccc(N(c3ccccc3-c3ccccc3)c3ccc(-c4nc5c(ccc6ccccc65)o4)c4ccccc34)cc2)cc1. The van der Waals surface area contributed by atoms with Gasteiger partial charge in [-0.2, -0.15) is 0 Å². The molecule has 226 valence electrons. The first-order valence-electron chi connectivity index (χ1n) is 16.2. The molecule has 48 heavy (non-hydrogen) atoms. The third kappa shape index (κ3) is 4.81. The molecule has 1 aromatic heterocycles. The number of aromatic nitrogens is 1. The van der Waals surface area contributed by atoms with Crippen molar-refractivity contribution < 1.29 is 4.42 Å². The van der Waals surface area contributed by atoms with E-state index in [2.05, 4.69) is 181 Å². The van der Waals surface area contributed by atoms with Crippen LogP contribution in [0.25, 0.3) is 66.4 Å². The highest BCUT2D eigenvalue weighted by atomic mass is 16.3. The number of benzene rings is 8. The van der Waals surface area contributed by atoms with Crippen molar-refractivity contribution in [2.75, 3.05) is 4.90 Å². The van der Waals surface area contributed by atoms with Crippen molar-refractivity contribution in [3.05, 3.63) is 182 Å². The first-order chi connectivity index (χ1) is 23.8. The monoisotopic (exact) mass is 614 g/mol. The van der Waals surface area contributed by atoms with Crippen LogP contribution < -0.4 is 4.90 Å². The Balaban J connectivity index is 1.25.